The highest BCUT2D eigenvalue weighted by Gasteiger charge is 2.20. The molecule has 1 N–H and O–H groups in total. The van der Waals surface area contributed by atoms with Crippen LogP contribution in [0.25, 0.3) is 10.2 Å². The Morgan fingerprint density at radius 2 is 1.97 bits per heavy atom. The lowest BCUT2D eigenvalue weighted by molar-refractivity contribution is -0.121. The van der Waals surface area contributed by atoms with E-state index in [2.05, 4.69) is 24.1 Å². The second-order valence-electron chi connectivity index (χ2n) is 7.81. The average Bonchev–Trinajstić information content (AvgIpc) is 3.36. The summed E-state index contributed by atoms with van der Waals surface area (Å²) in [5, 5.41) is 3.52. The second kappa shape index (κ2) is 9.30. The summed E-state index contributed by atoms with van der Waals surface area (Å²) in [6, 6.07) is 5.57. The minimum absolute atomic E-state index is 0.0722. The predicted octanol–water partition coefficient (Wildman–Crippen LogP) is 2.96. The normalized spacial score (nSPS) is 12.7. The summed E-state index contributed by atoms with van der Waals surface area (Å²) in [6.07, 6.45) is 0. The van der Waals surface area contributed by atoms with E-state index in [9.17, 15) is 9.59 Å². The van der Waals surface area contributed by atoms with Gasteiger partial charge < -0.3 is 14.8 Å². The van der Waals surface area contributed by atoms with Gasteiger partial charge in [0.25, 0.3) is 5.56 Å². The first-order chi connectivity index (χ1) is 15.4. The molecule has 0 saturated carbocycles. The van der Waals surface area contributed by atoms with Crippen LogP contribution in [-0.2, 0) is 24.4 Å². The molecule has 0 aliphatic carbocycles. The molecule has 0 atom stereocenters. The van der Waals surface area contributed by atoms with Crippen molar-refractivity contribution in [3.05, 3.63) is 50.4 Å². The largest absolute Gasteiger partial charge is 0.454 e. The highest BCUT2D eigenvalue weighted by atomic mass is 32.1. The van der Waals surface area contributed by atoms with Gasteiger partial charge in [0.2, 0.25) is 12.7 Å². The molecular weight excluding hydrogens is 428 g/mol. The number of carbonyl (C=O) groups excluding carboxylic acids is 1. The van der Waals surface area contributed by atoms with Gasteiger partial charge in [0, 0.05) is 11.4 Å². The van der Waals surface area contributed by atoms with Crippen molar-refractivity contribution >= 4 is 27.5 Å². The Balaban J connectivity index is 1.58. The molecule has 0 radical (unpaired) electrons. The first kappa shape index (κ1) is 22.3. The van der Waals surface area contributed by atoms with Crippen LogP contribution in [0, 0.1) is 13.8 Å². The van der Waals surface area contributed by atoms with Crippen molar-refractivity contribution in [1.29, 1.82) is 0 Å². The molecule has 0 spiro atoms. The Hall–Kier alpha value is -2.91. The third-order valence-corrected chi connectivity index (χ3v) is 6.96. The molecule has 1 aliphatic heterocycles. The van der Waals surface area contributed by atoms with Gasteiger partial charge in [-0.25, -0.2) is 4.98 Å². The summed E-state index contributed by atoms with van der Waals surface area (Å²) in [5.41, 5.74) is 1.68. The lowest BCUT2D eigenvalue weighted by Gasteiger charge is -2.20. The highest BCUT2D eigenvalue weighted by Crippen LogP contribution is 2.32. The maximum absolute atomic E-state index is 13.4. The molecule has 8 nitrogen and oxygen atoms in total. The van der Waals surface area contributed by atoms with E-state index in [4.69, 9.17) is 14.5 Å². The minimum atomic E-state index is -0.240. The number of aromatic nitrogens is 2. The van der Waals surface area contributed by atoms with E-state index in [1.54, 1.807) is 0 Å². The van der Waals surface area contributed by atoms with Crippen molar-refractivity contribution in [2.45, 2.75) is 47.3 Å². The Bertz CT molecular complexity index is 1210. The zero-order chi connectivity index (χ0) is 22.8. The summed E-state index contributed by atoms with van der Waals surface area (Å²) in [7, 11) is 0. The molecule has 0 fully saturated rings. The van der Waals surface area contributed by atoms with E-state index in [1.807, 2.05) is 32.0 Å². The van der Waals surface area contributed by atoms with E-state index in [1.165, 1.54) is 15.9 Å². The van der Waals surface area contributed by atoms with Gasteiger partial charge in [-0.05, 0) is 50.2 Å². The van der Waals surface area contributed by atoms with Gasteiger partial charge in [0.1, 0.15) is 17.2 Å². The molecule has 3 aromatic rings. The molecule has 3 heterocycles. The van der Waals surface area contributed by atoms with Crippen LogP contribution in [0.4, 0.5) is 0 Å². The van der Waals surface area contributed by atoms with Gasteiger partial charge in [-0.1, -0.05) is 19.9 Å². The molecule has 2 aromatic heterocycles. The van der Waals surface area contributed by atoms with Crippen LogP contribution in [0.15, 0.2) is 23.0 Å². The van der Waals surface area contributed by atoms with Crippen molar-refractivity contribution in [2.75, 3.05) is 19.9 Å². The van der Waals surface area contributed by atoms with E-state index >= 15 is 0 Å². The Kier molecular flexibility index (Phi) is 6.48. The fourth-order valence-corrected chi connectivity index (χ4v) is 4.79. The van der Waals surface area contributed by atoms with Crippen molar-refractivity contribution in [3.8, 4) is 11.5 Å². The van der Waals surface area contributed by atoms with Gasteiger partial charge in [-0.3, -0.25) is 19.1 Å². The number of ether oxygens (including phenoxy) is 2. The number of hydrogen-bond acceptors (Lipinski definition) is 7. The Morgan fingerprint density at radius 1 is 1.22 bits per heavy atom. The first-order valence-corrected chi connectivity index (χ1v) is 11.6. The van der Waals surface area contributed by atoms with E-state index in [0.717, 1.165) is 33.9 Å². The zero-order valence-electron chi connectivity index (χ0n) is 18.9. The molecule has 0 saturated heterocycles. The number of amides is 1. The first-order valence-electron chi connectivity index (χ1n) is 10.8. The summed E-state index contributed by atoms with van der Waals surface area (Å²) in [4.78, 5) is 35.0. The number of nitrogens with one attached hydrogen (secondary N) is 1. The van der Waals surface area contributed by atoms with Crippen LogP contribution in [0.2, 0.25) is 0 Å². The van der Waals surface area contributed by atoms with Crippen LogP contribution >= 0.6 is 11.3 Å². The molecule has 1 aliphatic rings. The standard InChI is InChI=1S/C23H28N4O4S/c1-5-26(6-2)11-19-25-22-21(14(3)15(4)32-22)23(29)27(19)12-20(28)24-10-16-7-8-17-18(9-16)31-13-30-17/h7-9H,5-6,10-13H2,1-4H3,(H,24,28). The number of hydrogen-bond donors (Lipinski definition) is 1. The molecule has 0 unspecified atom stereocenters. The third kappa shape index (κ3) is 4.35. The maximum atomic E-state index is 13.4. The van der Waals surface area contributed by atoms with E-state index < -0.39 is 0 Å². The molecular formula is C23H28N4O4S. The quantitative estimate of drug-likeness (QED) is 0.561. The number of nitrogens with zero attached hydrogens (tertiary/aromatic N) is 3. The van der Waals surface area contributed by atoms with Gasteiger partial charge >= 0.3 is 0 Å². The number of aryl methyl sites for hydroxylation is 2. The van der Waals surface area contributed by atoms with Gasteiger partial charge in [0.15, 0.2) is 11.5 Å². The predicted molar refractivity (Wildman–Crippen MR) is 124 cm³/mol. The number of fused-ring (bicyclic) bond motifs is 2. The fraction of sp³-hybridized carbons (Fsp3) is 0.435. The molecule has 9 heteroatoms. The van der Waals surface area contributed by atoms with Gasteiger partial charge in [-0.2, -0.15) is 0 Å². The lowest BCUT2D eigenvalue weighted by Crippen LogP contribution is -2.36. The Morgan fingerprint density at radius 3 is 2.72 bits per heavy atom. The smallest absolute Gasteiger partial charge is 0.263 e. The SMILES string of the molecule is CCN(CC)Cc1nc2sc(C)c(C)c2c(=O)n1CC(=O)NCc1ccc2c(c1)OCO2. The second-order valence-corrected chi connectivity index (χ2v) is 9.01. The van der Waals surface area contributed by atoms with Crippen LogP contribution in [0.5, 0.6) is 11.5 Å². The molecule has 0 bridgehead atoms. The minimum Gasteiger partial charge on any atom is -0.454 e. The summed E-state index contributed by atoms with van der Waals surface area (Å²) < 4.78 is 12.2. The van der Waals surface area contributed by atoms with Crippen molar-refractivity contribution < 1.29 is 14.3 Å². The molecule has 1 aromatic carbocycles. The Labute approximate surface area is 190 Å². The topological polar surface area (TPSA) is 85.7 Å². The van der Waals surface area contributed by atoms with E-state index in [0.29, 0.717) is 35.8 Å². The van der Waals surface area contributed by atoms with E-state index in [-0.39, 0.29) is 24.8 Å². The van der Waals surface area contributed by atoms with Crippen molar-refractivity contribution in [3.63, 3.8) is 0 Å². The maximum Gasteiger partial charge on any atom is 0.263 e. The third-order valence-electron chi connectivity index (χ3n) is 5.86. The number of thiophene rings is 1. The number of benzene rings is 1. The molecule has 4 rings (SSSR count). The van der Waals surface area contributed by atoms with Gasteiger partial charge in [-0.15, -0.1) is 11.3 Å². The average molecular weight is 457 g/mol. The van der Waals surface area contributed by atoms with Gasteiger partial charge in [0.05, 0.1) is 11.9 Å². The van der Waals surface area contributed by atoms with Crippen LogP contribution in [0.3, 0.4) is 0 Å². The summed E-state index contributed by atoms with van der Waals surface area (Å²) in [6.45, 7) is 10.7. The summed E-state index contributed by atoms with van der Waals surface area (Å²) >= 11 is 1.53. The monoisotopic (exact) mass is 456 g/mol. The van der Waals surface area contributed by atoms with Crippen molar-refractivity contribution in [2.24, 2.45) is 0 Å². The lowest BCUT2D eigenvalue weighted by atomic mass is 10.2. The highest BCUT2D eigenvalue weighted by molar-refractivity contribution is 7.18. The van der Waals surface area contributed by atoms with Crippen LogP contribution < -0.4 is 20.3 Å². The van der Waals surface area contributed by atoms with Crippen LogP contribution in [0.1, 0.15) is 35.7 Å². The number of rotatable bonds is 8. The van der Waals surface area contributed by atoms with Crippen molar-refractivity contribution in [1.82, 2.24) is 19.8 Å². The molecule has 32 heavy (non-hydrogen) atoms. The number of carbonyl (C=O) groups is 1. The van der Waals surface area contributed by atoms with Crippen LogP contribution in [-0.4, -0.2) is 40.2 Å². The molecule has 170 valence electrons. The molecule has 1 amide bonds. The fourth-order valence-electron chi connectivity index (χ4n) is 3.75. The zero-order valence-corrected chi connectivity index (χ0v) is 19.7. The summed E-state index contributed by atoms with van der Waals surface area (Å²) in [5.74, 6) is 1.75.